The number of ether oxygens (including phenoxy) is 1. The van der Waals surface area contributed by atoms with E-state index in [2.05, 4.69) is 22.3 Å². The van der Waals surface area contributed by atoms with Crippen molar-refractivity contribution < 1.29 is 14.3 Å². The molecule has 34 heavy (non-hydrogen) atoms. The highest BCUT2D eigenvalue weighted by Gasteiger charge is 2.38. The molecule has 1 aromatic heterocycles. The molecule has 4 rings (SSSR count). The van der Waals surface area contributed by atoms with Gasteiger partial charge >= 0.3 is 5.97 Å². The van der Waals surface area contributed by atoms with Crippen LogP contribution in [-0.2, 0) is 20.7 Å². The highest BCUT2D eigenvalue weighted by atomic mass is 16.5. The first-order chi connectivity index (χ1) is 16.4. The van der Waals surface area contributed by atoms with Crippen LogP contribution in [0.15, 0.2) is 66.1 Å². The number of anilines is 2. The van der Waals surface area contributed by atoms with Gasteiger partial charge in [-0.25, -0.2) is 9.48 Å². The number of hydrogen-bond donors (Lipinski definition) is 1. The number of allylic oxidation sites excluding steroid dienone is 1. The quantitative estimate of drug-likeness (QED) is 0.537. The maximum Gasteiger partial charge on any atom is 0.338 e. The molecule has 3 aromatic rings. The van der Waals surface area contributed by atoms with Gasteiger partial charge in [0.1, 0.15) is 18.9 Å². The molecule has 2 heterocycles. The minimum Gasteiger partial charge on any atom is -0.463 e. The second-order valence-corrected chi connectivity index (χ2v) is 8.22. The number of rotatable bonds is 7. The van der Waals surface area contributed by atoms with E-state index in [1.54, 1.807) is 16.5 Å². The van der Waals surface area contributed by atoms with Crippen LogP contribution >= 0.6 is 0 Å². The summed E-state index contributed by atoms with van der Waals surface area (Å²) in [5.74, 6) is -0.171. The van der Waals surface area contributed by atoms with Crippen LogP contribution in [0.4, 0.5) is 11.6 Å². The maximum atomic E-state index is 13.1. The Balaban J connectivity index is 1.69. The monoisotopic (exact) mass is 459 g/mol. The Morgan fingerprint density at radius 1 is 1.03 bits per heavy atom. The summed E-state index contributed by atoms with van der Waals surface area (Å²) in [5, 5.41) is 7.34. The van der Waals surface area contributed by atoms with Crippen LogP contribution in [0.3, 0.4) is 0 Å². The van der Waals surface area contributed by atoms with Crippen molar-refractivity contribution in [3.63, 3.8) is 0 Å². The number of fused-ring (bicyclic) bond motifs is 1. The molecule has 8 nitrogen and oxygen atoms in total. The van der Waals surface area contributed by atoms with Crippen LogP contribution in [0.1, 0.15) is 43.5 Å². The number of aromatic nitrogens is 3. The van der Waals surface area contributed by atoms with Gasteiger partial charge in [0, 0.05) is 11.4 Å². The summed E-state index contributed by atoms with van der Waals surface area (Å²) in [6, 6.07) is 15.2. The van der Waals surface area contributed by atoms with Gasteiger partial charge in [0.15, 0.2) is 0 Å². The predicted molar refractivity (Wildman–Crippen MR) is 130 cm³/mol. The van der Waals surface area contributed by atoms with Gasteiger partial charge in [0.25, 0.3) is 0 Å². The van der Waals surface area contributed by atoms with E-state index < -0.39 is 12.0 Å². The minimum absolute atomic E-state index is 0.0242. The van der Waals surface area contributed by atoms with E-state index in [0.29, 0.717) is 22.9 Å². The minimum atomic E-state index is -0.502. The van der Waals surface area contributed by atoms with Gasteiger partial charge in [-0.15, -0.1) is 0 Å². The summed E-state index contributed by atoms with van der Waals surface area (Å²) in [5.41, 5.74) is 4.96. The van der Waals surface area contributed by atoms with E-state index in [9.17, 15) is 9.59 Å². The highest BCUT2D eigenvalue weighted by Crippen LogP contribution is 2.38. The molecule has 0 fully saturated rings. The molecule has 0 spiro atoms. The topological polar surface area (TPSA) is 89.3 Å². The fraction of sp³-hybridized carbons (Fsp3) is 0.308. The second kappa shape index (κ2) is 9.91. The molecule has 176 valence electrons. The van der Waals surface area contributed by atoms with Crippen molar-refractivity contribution in [1.29, 1.82) is 0 Å². The van der Waals surface area contributed by atoms with Crippen molar-refractivity contribution in [2.45, 2.75) is 40.2 Å². The molecule has 1 amide bonds. The smallest absolute Gasteiger partial charge is 0.338 e. The normalized spacial score (nSPS) is 15.2. The molecule has 1 unspecified atom stereocenters. The average molecular weight is 460 g/mol. The van der Waals surface area contributed by atoms with E-state index in [1.165, 1.54) is 11.9 Å². The first-order valence-corrected chi connectivity index (χ1v) is 11.4. The summed E-state index contributed by atoms with van der Waals surface area (Å²) in [6.07, 6.45) is 2.37. The molecule has 0 radical (unpaired) electrons. The van der Waals surface area contributed by atoms with Gasteiger partial charge in [-0.05, 0) is 50.5 Å². The van der Waals surface area contributed by atoms with Crippen molar-refractivity contribution in [3.05, 3.63) is 82.8 Å². The second-order valence-electron chi connectivity index (χ2n) is 8.22. The molecular weight excluding hydrogens is 430 g/mol. The third-order valence-electron chi connectivity index (χ3n) is 5.94. The van der Waals surface area contributed by atoms with E-state index in [0.717, 1.165) is 17.5 Å². The van der Waals surface area contributed by atoms with Crippen LogP contribution in [0.2, 0.25) is 0 Å². The number of hydrogen-bond acceptors (Lipinski definition) is 6. The average Bonchev–Trinajstić information content (AvgIpc) is 3.31. The van der Waals surface area contributed by atoms with Gasteiger partial charge in [-0.1, -0.05) is 48.9 Å². The lowest BCUT2D eigenvalue weighted by Crippen LogP contribution is -2.40. The molecule has 0 saturated heterocycles. The molecule has 8 heteroatoms. The fourth-order valence-corrected chi connectivity index (χ4v) is 4.12. The molecule has 0 bridgehead atoms. The summed E-state index contributed by atoms with van der Waals surface area (Å²) in [4.78, 5) is 32.2. The Bertz CT molecular complexity index is 1210. The Labute approximate surface area is 199 Å². The van der Waals surface area contributed by atoms with Gasteiger partial charge in [-0.3, -0.25) is 4.79 Å². The number of aryl methyl sites for hydroxylation is 2. The van der Waals surface area contributed by atoms with E-state index in [1.807, 2.05) is 62.4 Å². The van der Waals surface area contributed by atoms with Crippen molar-refractivity contribution in [1.82, 2.24) is 14.8 Å². The maximum absolute atomic E-state index is 13.1. The lowest BCUT2D eigenvalue weighted by atomic mass is 9.94. The number of nitrogens with zero attached hydrogens (tertiary/aromatic N) is 4. The number of carbonyl (C=O) groups is 2. The molecule has 1 aliphatic heterocycles. The summed E-state index contributed by atoms with van der Waals surface area (Å²) < 4.78 is 7.08. The SMILES string of the molecule is CCOC(=O)C1=C(C)N(CC(=O)Nc2ccc(CC)cc2)c2ncnn2C1c1ccc(C)cc1. The third kappa shape index (κ3) is 4.57. The van der Waals surface area contributed by atoms with Gasteiger partial charge in [0.05, 0.1) is 12.2 Å². The van der Waals surface area contributed by atoms with Crippen molar-refractivity contribution in [2.24, 2.45) is 0 Å². The van der Waals surface area contributed by atoms with Crippen molar-refractivity contribution in [3.8, 4) is 0 Å². The van der Waals surface area contributed by atoms with Crippen LogP contribution in [0.5, 0.6) is 0 Å². The zero-order valence-corrected chi connectivity index (χ0v) is 19.9. The summed E-state index contributed by atoms with van der Waals surface area (Å²) in [7, 11) is 0. The van der Waals surface area contributed by atoms with Gasteiger partial charge in [-0.2, -0.15) is 10.1 Å². The molecule has 0 saturated carbocycles. The van der Waals surface area contributed by atoms with Crippen LogP contribution in [0.25, 0.3) is 0 Å². The van der Waals surface area contributed by atoms with E-state index >= 15 is 0 Å². The molecule has 1 N–H and O–H groups in total. The summed E-state index contributed by atoms with van der Waals surface area (Å²) >= 11 is 0. The molecular formula is C26H29N5O3. The third-order valence-corrected chi connectivity index (χ3v) is 5.94. The Hall–Kier alpha value is -3.94. The zero-order chi connectivity index (χ0) is 24.2. The highest BCUT2D eigenvalue weighted by molar-refractivity contribution is 5.96. The van der Waals surface area contributed by atoms with Crippen LogP contribution in [-0.4, -0.2) is 39.8 Å². The Kier molecular flexibility index (Phi) is 6.77. The Morgan fingerprint density at radius 2 is 1.74 bits per heavy atom. The standard InChI is InChI=1S/C26H29N5O3/c1-5-19-9-13-21(14-10-19)29-22(32)15-30-18(4)23(25(33)34-6-2)24(31-26(30)27-16-28-31)20-11-7-17(3)8-12-20/h7-14,16,24H,5-6,15H2,1-4H3,(H,29,32). The molecule has 1 atom stereocenters. The molecule has 0 aliphatic carbocycles. The number of carbonyl (C=O) groups excluding carboxylic acids is 2. The Morgan fingerprint density at radius 3 is 2.38 bits per heavy atom. The van der Waals surface area contributed by atoms with Crippen LogP contribution < -0.4 is 10.2 Å². The first-order valence-electron chi connectivity index (χ1n) is 11.4. The van der Waals surface area contributed by atoms with Crippen molar-refractivity contribution >= 4 is 23.5 Å². The zero-order valence-electron chi connectivity index (χ0n) is 19.9. The van der Waals surface area contributed by atoms with Gasteiger partial charge < -0.3 is 15.0 Å². The largest absolute Gasteiger partial charge is 0.463 e. The van der Waals surface area contributed by atoms with Gasteiger partial charge in [0.2, 0.25) is 11.9 Å². The molecule has 1 aliphatic rings. The molecule has 2 aromatic carbocycles. The van der Waals surface area contributed by atoms with Crippen LogP contribution in [0, 0.1) is 6.92 Å². The van der Waals surface area contributed by atoms with E-state index in [-0.39, 0.29) is 19.1 Å². The lowest BCUT2D eigenvalue weighted by molar-refractivity contribution is -0.139. The van der Waals surface area contributed by atoms with E-state index in [4.69, 9.17) is 4.74 Å². The summed E-state index contributed by atoms with van der Waals surface area (Å²) in [6.45, 7) is 7.90. The lowest BCUT2D eigenvalue weighted by Gasteiger charge is -2.35. The number of nitrogens with one attached hydrogen (secondary N) is 1. The predicted octanol–water partition coefficient (Wildman–Crippen LogP) is 4.03. The number of amides is 1. The first kappa shape index (κ1) is 23.2. The van der Waals surface area contributed by atoms with Crippen molar-refractivity contribution in [2.75, 3.05) is 23.4 Å². The fourth-order valence-electron chi connectivity index (χ4n) is 4.12. The number of benzene rings is 2. The number of esters is 1.